The monoisotopic (exact) mass is 227 g/mol. The van der Waals surface area contributed by atoms with Gasteiger partial charge in [-0.1, -0.05) is 0 Å². The van der Waals surface area contributed by atoms with Crippen LogP contribution in [-0.2, 0) is 9.59 Å². The summed E-state index contributed by atoms with van der Waals surface area (Å²) in [7, 11) is 0. The molecule has 5 nitrogen and oxygen atoms in total. The third kappa shape index (κ3) is 3.48. The minimum atomic E-state index is -0.337. The predicted octanol–water partition coefficient (Wildman–Crippen LogP) is -0.149. The fourth-order valence-electron chi connectivity index (χ4n) is 1.84. The van der Waals surface area contributed by atoms with Gasteiger partial charge in [0.1, 0.15) is 6.04 Å². The highest BCUT2D eigenvalue weighted by Gasteiger charge is 2.28. The van der Waals surface area contributed by atoms with E-state index in [0.717, 1.165) is 12.8 Å². The number of nitrogens with one attached hydrogen (secondary N) is 1. The van der Waals surface area contributed by atoms with Gasteiger partial charge in [0.2, 0.25) is 11.8 Å². The lowest BCUT2D eigenvalue weighted by atomic mass is 10.1. The fourth-order valence-corrected chi connectivity index (χ4v) is 1.84. The van der Waals surface area contributed by atoms with Gasteiger partial charge in [-0.25, -0.2) is 0 Å². The summed E-state index contributed by atoms with van der Waals surface area (Å²) >= 11 is 0. The third-order valence-corrected chi connectivity index (χ3v) is 2.87. The van der Waals surface area contributed by atoms with Crippen molar-refractivity contribution < 1.29 is 9.59 Å². The molecular weight excluding hydrogens is 206 g/mol. The normalized spacial score (nSPS) is 22.8. The zero-order chi connectivity index (χ0) is 12.1. The van der Waals surface area contributed by atoms with E-state index in [2.05, 4.69) is 5.32 Å². The van der Waals surface area contributed by atoms with Crippen molar-refractivity contribution in [2.75, 3.05) is 13.1 Å². The van der Waals surface area contributed by atoms with Crippen molar-refractivity contribution in [3.8, 4) is 0 Å². The SMILES string of the molecule is CC(N)CCCC(=O)N1CCNC(=O)C1C. The molecule has 2 amide bonds. The molecule has 2 atom stereocenters. The molecule has 92 valence electrons. The minimum Gasteiger partial charge on any atom is -0.353 e. The first-order valence-corrected chi connectivity index (χ1v) is 5.85. The van der Waals surface area contributed by atoms with Gasteiger partial charge in [0, 0.05) is 25.6 Å². The van der Waals surface area contributed by atoms with Crippen LogP contribution in [0.5, 0.6) is 0 Å². The topological polar surface area (TPSA) is 75.4 Å². The Bertz CT molecular complexity index is 266. The molecule has 3 N–H and O–H groups in total. The van der Waals surface area contributed by atoms with Gasteiger partial charge in [-0.05, 0) is 26.7 Å². The van der Waals surface area contributed by atoms with Crippen molar-refractivity contribution in [2.24, 2.45) is 5.73 Å². The summed E-state index contributed by atoms with van der Waals surface area (Å²) < 4.78 is 0. The van der Waals surface area contributed by atoms with Crippen LogP contribution in [0.25, 0.3) is 0 Å². The van der Waals surface area contributed by atoms with Crippen LogP contribution in [0.1, 0.15) is 33.1 Å². The zero-order valence-corrected chi connectivity index (χ0v) is 10.0. The van der Waals surface area contributed by atoms with Crippen molar-refractivity contribution in [3.05, 3.63) is 0 Å². The molecule has 0 aromatic carbocycles. The molecule has 1 saturated heterocycles. The molecule has 0 radical (unpaired) electrons. The smallest absolute Gasteiger partial charge is 0.242 e. The Balaban J connectivity index is 2.37. The molecule has 0 aliphatic carbocycles. The third-order valence-electron chi connectivity index (χ3n) is 2.87. The largest absolute Gasteiger partial charge is 0.353 e. The lowest BCUT2D eigenvalue weighted by Gasteiger charge is -2.32. The summed E-state index contributed by atoms with van der Waals surface area (Å²) in [5, 5.41) is 2.74. The second-order valence-corrected chi connectivity index (χ2v) is 4.42. The quantitative estimate of drug-likeness (QED) is 0.701. The molecule has 1 rings (SSSR count). The van der Waals surface area contributed by atoms with Crippen LogP contribution in [0.4, 0.5) is 0 Å². The maximum atomic E-state index is 11.8. The van der Waals surface area contributed by atoms with Gasteiger partial charge in [-0.2, -0.15) is 0 Å². The second kappa shape index (κ2) is 5.84. The van der Waals surface area contributed by atoms with E-state index in [0.29, 0.717) is 19.5 Å². The van der Waals surface area contributed by atoms with Crippen LogP contribution < -0.4 is 11.1 Å². The lowest BCUT2D eigenvalue weighted by molar-refractivity contribution is -0.142. The molecule has 16 heavy (non-hydrogen) atoms. The summed E-state index contributed by atoms with van der Waals surface area (Å²) in [5.41, 5.74) is 5.62. The Morgan fingerprint density at radius 2 is 2.38 bits per heavy atom. The molecule has 2 unspecified atom stereocenters. The fraction of sp³-hybridized carbons (Fsp3) is 0.818. The molecular formula is C11H21N3O2. The molecule has 0 spiro atoms. The zero-order valence-electron chi connectivity index (χ0n) is 10.0. The second-order valence-electron chi connectivity index (χ2n) is 4.42. The highest BCUT2D eigenvalue weighted by Crippen LogP contribution is 2.09. The summed E-state index contributed by atoms with van der Waals surface area (Å²) in [4.78, 5) is 24.9. The summed E-state index contributed by atoms with van der Waals surface area (Å²) in [6.45, 7) is 4.87. The summed E-state index contributed by atoms with van der Waals surface area (Å²) in [6, 6.07) is -0.202. The van der Waals surface area contributed by atoms with Gasteiger partial charge in [-0.3, -0.25) is 9.59 Å². The lowest BCUT2D eigenvalue weighted by Crippen LogP contribution is -2.55. The van der Waals surface area contributed by atoms with Gasteiger partial charge >= 0.3 is 0 Å². The number of carbonyl (C=O) groups is 2. The number of amides is 2. The number of rotatable bonds is 4. The molecule has 1 fully saturated rings. The van der Waals surface area contributed by atoms with E-state index in [1.165, 1.54) is 0 Å². The maximum Gasteiger partial charge on any atom is 0.242 e. The molecule has 1 aliphatic heterocycles. The van der Waals surface area contributed by atoms with Crippen molar-refractivity contribution in [1.82, 2.24) is 10.2 Å². The van der Waals surface area contributed by atoms with Crippen molar-refractivity contribution in [2.45, 2.75) is 45.2 Å². The average Bonchev–Trinajstić information content (AvgIpc) is 2.21. The van der Waals surface area contributed by atoms with Gasteiger partial charge in [0.15, 0.2) is 0 Å². The molecule has 0 aromatic heterocycles. The predicted molar refractivity (Wildman–Crippen MR) is 61.7 cm³/mol. The van der Waals surface area contributed by atoms with E-state index in [9.17, 15) is 9.59 Å². The van der Waals surface area contributed by atoms with Gasteiger partial charge < -0.3 is 16.0 Å². The van der Waals surface area contributed by atoms with E-state index >= 15 is 0 Å². The van der Waals surface area contributed by atoms with E-state index < -0.39 is 0 Å². The number of nitrogens with zero attached hydrogens (tertiary/aromatic N) is 1. The number of hydrogen-bond acceptors (Lipinski definition) is 3. The molecule has 0 aromatic rings. The Labute approximate surface area is 96.4 Å². The van der Waals surface area contributed by atoms with Gasteiger partial charge in [-0.15, -0.1) is 0 Å². The molecule has 0 bridgehead atoms. The highest BCUT2D eigenvalue weighted by atomic mass is 16.2. The van der Waals surface area contributed by atoms with Gasteiger partial charge in [0.05, 0.1) is 0 Å². The van der Waals surface area contributed by atoms with Crippen molar-refractivity contribution in [3.63, 3.8) is 0 Å². The Morgan fingerprint density at radius 3 is 3.00 bits per heavy atom. The highest BCUT2D eigenvalue weighted by molar-refractivity contribution is 5.88. The molecule has 0 saturated carbocycles. The number of nitrogens with two attached hydrogens (primary N) is 1. The number of carbonyl (C=O) groups excluding carboxylic acids is 2. The molecule has 1 aliphatic rings. The van der Waals surface area contributed by atoms with Crippen LogP contribution in [0.15, 0.2) is 0 Å². The van der Waals surface area contributed by atoms with Crippen LogP contribution in [0.2, 0.25) is 0 Å². The van der Waals surface area contributed by atoms with E-state index in [-0.39, 0.29) is 23.9 Å². The Kier molecular flexibility index (Phi) is 4.73. The first-order valence-electron chi connectivity index (χ1n) is 5.85. The number of piperazine rings is 1. The van der Waals surface area contributed by atoms with E-state index in [4.69, 9.17) is 5.73 Å². The van der Waals surface area contributed by atoms with Gasteiger partial charge in [0.25, 0.3) is 0 Å². The summed E-state index contributed by atoms with van der Waals surface area (Å²) in [6.07, 6.45) is 2.13. The number of hydrogen-bond donors (Lipinski definition) is 2. The van der Waals surface area contributed by atoms with E-state index in [1.807, 2.05) is 6.92 Å². The average molecular weight is 227 g/mol. The molecule has 5 heteroatoms. The minimum absolute atomic E-state index is 0.0583. The molecule has 1 heterocycles. The van der Waals surface area contributed by atoms with E-state index in [1.54, 1.807) is 11.8 Å². The van der Waals surface area contributed by atoms with Crippen LogP contribution in [0, 0.1) is 0 Å². The summed E-state index contributed by atoms with van der Waals surface area (Å²) in [5.74, 6) is -0.00482. The first-order chi connectivity index (χ1) is 7.52. The van der Waals surface area contributed by atoms with Crippen LogP contribution in [-0.4, -0.2) is 41.9 Å². The standard InChI is InChI=1S/C11H21N3O2/c1-8(12)4-3-5-10(15)14-7-6-13-11(16)9(14)2/h8-9H,3-7,12H2,1-2H3,(H,13,16). The van der Waals surface area contributed by atoms with Crippen molar-refractivity contribution in [1.29, 1.82) is 0 Å². The Hall–Kier alpha value is -1.10. The maximum absolute atomic E-state index is 11.8. The van der Waals surface area contributed by atoms with Crippen molar-refractivity contribution >= 4 is 11.8 Å². The Morgan fingerprint density at radius 1 is 1.69 bits per heavy atom. The first kappa shape index (κ1) is 13.0. The van der Waals surface area contributed by atoms with Crippen LogP contribution >= 0.6 is 0 Å². The van der Waals surface area contributed by atoms with Crippen LogP contribution in [0.3, 0.4) is 0 Å².